The number of nitrogens with zero attached hydrogens (tertiary/aromatic N) is 1. The predicted octanol–water partition coefficient (Wildman–Crippen LogP) is 3.41. The molecule has 5 rings (SSSR count). The molecule has 0 aromatic heterocycles. The number of unbranched alkanes of at least 4 members (excludes halogenated alkanes) is 1. The fourth-order valence-corrected chi connectivity index (χ4v) is 7.12. The maximum Gasteiger partial charge on any atom is 0.326 e. The molecular weight excluding hydrogens is 790 g/mol. The lowest BCUT2D eigenvalue weighted by atomic mass is 9.93. The number of aliphatic carboxylic acids is 1. The van der Waals surface area contributed by atoms with Crippen LogP contribution in [0.5, 0.6) is 11.5 Å². The maximum atomic E-state index is 14.8. The average molecular weight is 842 g/mol. The number of hydrogen-bond acceptors (Lipinski definition) is 10. The molecule has 1 aliphatic rings. The number of likely N-dealkylation sites (N-methyl/N-ethyl adjacent to an activating group) is 1. The van der Waals surface area contributed by atoms with Gasteiger partial charge in [0.15, 0.2) is 0 Å². The van der Waals surface area contributed by atoms with Crippen LogP contribution in [-0.4, -0.2) is 97.6 Å². The van der Waals surface area contributed by atoms with E-state index in [1.165, 1.54) is 18.9 Å². The van der Waals surface area contributed by atoms with Crippen LogP contribution in [0.4, 0.5) is 0 Å². The zero-order valence-corrected chi connectivity index (χ0v) is 34.4. The molecule has 4 aromatic carbocycles. The van der Waals surface area contributed by atoms with Gasteiger partial charge in [0.2, 0.25) is 17.7 Å². The fourth-order valence-electron chi connectivity index (χ4n) is 6.99. The lowest BCUT2D eigenvalue weighted by Crippen LogP contribution is -2.54. The van der Waals surface area contributed by atoms with Gasteiger partial charge in [-0.2, -0.15) is 0 Å². The molecule has 0 saturated carbocycles. The van der Waals surface area contributed by atoms with Crippen LogP contribution in [0.1, 0.15) is 53.7 Å². The topological polar surface area (TPSA) is 241 Å². The van der Waals surface area contributed by atoms with Gasteiger partial charge in [-0.25, -0.2) is 4.79 Å². The second kappa shape index (κ2) is 21.3. The van der Waals surface area contributed by atoms with Gasteiger partial charge in [-0.1, -0.05) is 54.1 Å². The minimum atomic E-state index is -1.37. The number of hydrogen-bond donors (Lipinski definition) is 7. The molecule has 15 nitrogen and oxygen atoms in total. The zero-order chi connectivity index (χ0) is 43.3. The SMILES string of the molecule is CC1NC(=O)C(N(C)C(=O)C(CCCCN)NC(=O)c2ccccc2-c2ccc(Cl)cc2)c2ccc(OCCN)c(c2)-c2cc(ccc2OCCN)CC(C(=O)O)NC1=O. The number of carboxylic acids is 1. The van der Waals surface area contributed by atoms with Crippen molar-refractivity contribution in [3.8, 4) is 33.8 Å². The number of halogens is 1. The maximum absolute atomic E-state index is 14.8. The van der Waals surface area contributed by atoms with Gasteiger partial charge in [0.1, 0.15) is 48.9 Å². The summed E-state index contributed by atoms with van der Waals surface area (Å²) in [7, 11) is 1.44. The molecule has 10 N–H and O–H groups in total. The van der Waals surface area contributed by atoms with E-state index in [1.54, 1.807) is 84.9 Å². The van der Waals surface area contributed by atoms with E-state index >= 15 is 0 Å². The third-order valence-electron chi connectivity index (χ3n) is 10.1. The molecule has 1 heterocycles. The highest BCUT2D eigenvalue weighted by atomic mass is 35.5. The van der Waals surface area contributed by atoms with Crippen LogP contribution < -0.4 is 42.6 Å². The van der Waals surface area contributed by atoms with Gasteiger partial charge in [0.25, 0.3) is 5.91 Å². The molecule has 0 saturated heterocycles. The summed E-state index contributed by atoms with van der Waals surface area (Å²) in [5.74, 6) is -3.11. The van der Waals surface area contributed by atoms with E-state index in [0.29, 0.717) is 69.3 Å². The van der Waals surface area contributed by atoms with Crippen LogP contribution in [0.2, 0.25) is 5.02 Å². The summed E-state index contributed by atoms with van der Waals surface area (Å²) in [6.45, 7) is 2.47. The van der Waals surface area contributed by atoms with Crippen molar-refractivity contribution in [1.82, 2.24) is 20.9 Å². The Balaban J connectivity index is 1.62. The molecule has 4 unspecified atom stereocenters. The van der Waals surface area contributed by atoms with Crippen LogP contribution in [0.3, 0.4) is 0 Å². The van der Waals surface area contributed by atoms with Gasteiger partial charge >= 0.3 is 5.97 Å². The summed E-state index contributed by atoms with van der Waals surface area (Å²) < 4.78 is 12.1. The molecule has 318 valence electrons. The number of nitrogens with one attached hydrogen (secondary N) is 3. The van der Waals surface area contributed by atoms with E-state index in [1.807, 2.05) is 0 Å². The lowest BCUT2D eigenvalue weighted by molar-refractivity contribution is -0.143. The van der Waals surface area contributed by atoms with E-state index < -0.39 is 53.8 Å². The molecule has 4 bridgehead atoms. The first-order chi connectivity index (χ1) is 28.9. The molecule has 4 atom stereocenters. The monoisotopic (exact) mass is 841 g/mol. The van der Waals surface area contributed by atoms with Crippen molar-refractivity contribution in [2.45, 2.75) is 56.8 Å². The lowest BCUT2D eigenvalue weighted by Gasteiger charge is -2.32. The van der Waals surface area contributed by atoms with Crippen molar-refractivity contribution < 1.29 is 38.6 Å². The van der Waals surface area contributed by atoms with Gasteiger partial charge in [-0.15, -0.1) is 0 Å². The Bertz CT molecular complexity index is 2170. The summed E-state index contributed by atoms with van der Waals surface area (Å²) in [6, 6.07) is 19.0. The smallest absolute Gasteiger partial charge is 0.326 e. The van der Waals surface area contributed by atoms with E-state index in [-0.39, 0.29) is 39.1 Å². The summed E-state index contributed by atoms with van der Waals surface area (Å²) in [5.41, 5.74) is 20.9. The minimum Gasteiger partial charge on any atom is -0.492 e. The number of nitrogens with two attached hydrogens (primary N) is 3. The average Bonchev–Trinajstić information content (AvgIpc) is 3.24. The van der Waals surface area contributed by atoms with Gasteiger partial charge < -0.3 is 52.6 Å². The Hall–Kier alpha value is -6.00. The number of carbonyl (C=O) groups excluding carboxylic acids is 4. The molecule has 0 aliphatic carbocycles. The fraction of sp³-hybridized carbons (Fsp3) is 0.341. The summed E-state index contributed by atoms with van der Waals surface area (Å²) in [5, 5.41) is 18.8. The first-order valence-corrected chi connectivity index (χ1v) is 20.1. The highest BCUT2D eigenvalue weighted by Gasteiger charge is 2.36. The van der Waals surface area contributed by atoms with E-state index in [0.717, 1.165) is 5.56 Å². The van der Waals surface area contributed by atoms with Crippen LogP contribution in [0, 0.1) is 0 Å². The Morgan fingerprint density at radius 1 is 0.833 bits per heavy atom. The van der Waals surface area contributed by atoms with Gasteiger partial charge in [-0.3, -0.25) is 19.2 Å². The Kier molecular flexibility index (Phi) is 16.0. The van der Waals surface area contributed by atoms with Crippen LogP contribution in [0.25, 0.3) is 22.3 Å². The van der Waals surface area contributed by atoms with Crippen LogP contribution in [0.15, 0.2) is 84.9 Å². The van der Waals surface area contributed by atoms with Crippen molar-refractivity contribution in [2.75, 3.05) is 39.9 Å². The zero-order valence-electron chi connectivity index (χ0n) is 33.6. The number of rotatable bonds is 16. The molecule has 0 radical (unpaired) electrons. The Morgan fingerprint density at radius 3 is 2.13 bits per heavy atom. The van der Waals surface area contributed by atoms with Gasteiger partial charge in [0.05, 0.1) is 0 Å². The molecule has 4 amide bonds. The normalized spacial score (nSPS) is 17.0. The summed E-state index contributed by atoms with van der Waals surface area (Å²) >= 11 is 6.14. The minimum absolute atomic E-state index is 0.0914. The standard InChI is InChI=1S/C44H52ClN7O8/c1-26-40(53)51-36(44(57)58)24-27-10-16-37(59-21-19-47)33(23-27)34-25-29(13-17-38(34)60-22-20-48)39(42(55)49-26)52(2)43(56)35(9-5-6-18-46)50-41(54)32-8-4-3-7-31(32)28-11-14-30(45)15-12-28/h3-4,7-8,10-17,23,25-26,35-36,39H,5-6,9,18-22,24,46-48H2,1-2H3,(H,49,55)(H,50,54)(H,51,53)(H,57,58). The third-order valence-corrected chi connectivity index (χ3v) is 10.3. The second-order valence-corrected chi connectivity index (χ2v) is 14.8. The highest BCUT2D eigenvalue weighted by Crippen LogP contribution is 2.40. The Labute approximate surface area is 353 Å². The number of amides is 4. The number of benzene rings is 4. The van der Waals surface area contributed by atoms with Gasteiger partial charge in [-0.05, 0) is 97.4 Å². The quantitative estimate of drug-likeness (QED) is 0.0807. The first kappa shape index (κ1) is 45.1. The highest BCUT2D eigenvalue weighted by molar-refractivity contribution is 6.30. The molecule has 1 aliphatic heterocycles. The number of fused-ring (bicyclic) bond motifs is 5. The molecular formula is C44H52ClN7O8. The van der Waals surface area contributed by atoms with Crippen molar-refractivity contribution in [3.05, 3.63) is 107 Å². The van der Waals surface area contributed by atoms with Crippen molar-refractivity contribution in [2.24, 2.45) is 17.2 Å². The molecule has 60 heavy (non-hydrogen) atoms. The molecule has 0 fully saturated rings. The predicted molar refractivity (Wildman–Crippen MR) is 228 cm³/mol. The van der Waals surface area contributed by atoms with Crippen LogP contribution in [-0.2, 0) is 25.6 Å². The van der Waals surface area contributed by atoms with Crippen molar-refractivity contribution in [3.63, 3.8) is 0 Å². The van der Waals surface area contributed by atoms with E-state index in [9.17, 15) is 29.1 Å². The van der Waals surface area contributed by atoms with Crippen LogP contribution >= 0.6 is 11.6 Å². The van der Waals surface area contributed by atoms with E-state index in [4.69, 9.17) is 38.3 Å². The number of carboxylic acid groups (broad SMARTS) is 1. The Morgan fingerprint density at radius 2 is 1.48 bits per heavy atom. The number of carbonyl (C=O) groups is 5. The molecule has 4 aromatic rings. The van der Waals surface area contributed by atoms with Crippen molar-refractivity contribution >= 4 is 41.2 Å². The van der Waals surface area contributed by atoms with Crippen molar-refractivity contribution in [1.29, 1.82) is 0 Å². The summed E-state index contributed by atoms with van der Waals surface area (Å²) in [6.07, 6.45) is 1.16. The largest absolute Gasteiger partial charge is 0.492 e. The molecule has 0 spiro atoms. The molecule has 16 heteroatoms. The van der Waals surface area contributed by atoms with Gasteiger partial charge in [0, 0.05) is 48.3 Å². The second-order valence-electron chi connectivity index (χ2n) is 14.4. The van der Waals surface area contributed by atoms with E-state index in [2.05, 4.69) is 16.0 Å². The summed E-state index contributed by atoms with van der Waals surface area (Å²) in [4.78, 5) is 70.5. The first-order valence-electron chi connectivity index (χ1n) is 19.8. The third kappa shape index (κ3) is 11.2. The number of ether oxygens (including phenoxy) is 2.